The topological polar surface area (TPSA) is 68.8 Å². The molecule has 2 heterocycles. The summed E-state index contributed by atoms with van der Waals surface area (Å²) in [6.07, 6.45) is 3.92. The fraction of sp³-hybridized carbons (Fsp3) is 0.103. The van der Waals surface area contributed by atoms with Gasteiger partial charge in [-0.3, -0.25) is 0 Å². The van der Waals surface area contributed by atoms with Crippen molar-refractivity contribution in [2.24, 2.45) is 0 Å². The largest absolute Gasteiger partial charge is 0.493 e. The van der Waals surface area contributed by atoms with E-state index >= 15 is 0 Å². The molecule has 6 nitrogen and oxygen atoms in total. The molecule has 0 bridgehead atoms. The number of nitrogens with zero attached hydrogens (tertiary/aromatic N) is 3. The number of methoxy groups -OCH3 is 1. The Kier molecular flexibility index (Phi) is 6.31. The molecule has 0 amide bonds. The molecule has 6 heteroatoms. The van der Waals surface area contributed by atoms with Gasteiger partial charge in [0.15, 0.2) is 22.9 Å². The number of aromatic nitrogens is 2. The lowest BCUT2D eigenvalue weighted by Crippen LogP contribution is -1.98. The van der Waals surface area contributed by atoms with Crippen LogP contribution in [0.3, 0.4) is 0 Å². The summed E-state index contributed by atoms with van der Waals surface area (Å²) in [7, 11) is 1.62. The van der Waals surface area contributed by atoms with Gasteiger partial charge in [0, 0.05) is 18.0 Å². The fourth-order valence-electron chi connectivity index (χ4n) is 3.76. The van der Waals surface area contributed by atoms with Crippen molar-refractivity contribution in [2.45, 2.75) is 13.2 Å². The predicted octanol–water partition coefficient (Wildman–Crippen LogP) is 6.04. The predicted molar refractivity (Wildman–Crippen MR) is 133 cm³/mol. The highest BCUT2D eigenvalue weighted by Crippen LogP contribution is 2.33. The minimum atomic E-state index is 0.373. The van der Waals surface area contributed by atoms with E-state index in [9.17, 15) is 0 Å². The number of hydrogen-bond donors (Lipinski definition) is 0. The second kappa shape index (κ2) is 10.0. The smallest absolute Gasteiger partial charge is 0.180 e. The van der Waals surface area contributed by atoms with Crippen LogP contribution in [0.4, 0.5) is 0 Å². The first-order valence-electron chi connectivity index (χ1n) is 11.2. The van der Waals surface area contributed by atoms with Gasteiger partial charge in [-0.1, -0.05) is 42.5 Å². The summed E-state index contributed by atoms with van der Waals surface area (Å²) in [6.45, 7) is 0.847. The third-order valence-corrected chi connectivity index (χ3v) is 5.62. The first-order valence-corrected chi connectivity index (χ1v) is 11.2. The Labute approximate surface area is 203 Å². The molecule has 0 spiro atoms. The maximum atomic E-state index is 8.95. The molecule has 172 valence electrons. The van der Waals surface area contributed by atoms with Gasteiger partial charge in [-0.15, -0.1) is 0 Å². The Morgan fingerprint density at radius 1 is 0.800 bits per heavy atom. The second-order valence-electron chi connectivity index (χ2n) is 7.97. The van der Waals surface area contributed by atoms with Crippen LogP contribution < -0.4 is 14.2 Å². The molecule has 0 aliphatic carbocycles. The Morgan fingerprint density at radius 3 is 2.29 bits per heavy atom. The lowest BCUT2D eigenvalue weighted by molar-refractivity contribution is 0.284. The summed E-state index contributed by atoms with van der Waals surface area (Å²) in [6, 6.07) is 29.1. The Balaban J connectivity index is 1.35. The second-order valence-corrected chi connectivity index (χ2v) is 7.97. The molecular weight excluding hydrogens is 438 g/mol. The first kappa shape index (κ1) is 22.1. The minimum absolute atomic E-state index is 0.373. The van der Waals surface area contributed by atoms with E-state index in [-0.39, 0.29) is 0 Å². The van der Waals surface area contributed by atoms with Crippen molar-refractivity contribution in [3.8, 4) is 34.6 Å². The molecule has 0 fully saturated rings. The van der Waals surface area contributed by atoms with E-state index in [2.05, 4.69) is 6.07 Å². The number of pyridine rings is 1. The molecular formula is C29H23N3O3. The average Bonchev–Trinajstić information content (AvgIpc) is 3.36. The number of nitriles is 1. The van der Waals surface area contributed by atoms with Crippen LogP contribution in [0.5, 0.6) is 17.2 Å². The molecule has 0 atom stereocenters. The van der Waals surface area contributed by atoms with Crippen LogP contribution >= 0.6 is 0 Å². The quantitative estimate of drug-likeness (QED) is 0.282. The summed E-state index contributed by atoms with van der Waals surface area (Å²) < 4.78 is 19.6. The molecule has 0 aliphatic rings. The van der Waals surface area contributed by atoms with Gasteiger partial charge in [-0.25, -0.2) is 4.98 Å². The summed E-state index contributed by atoms with van der Waals surface area (Å²) in [5.74, 6) is 1.97. The molecule has 0 saturated heterocycles. The number of imidazole rings is 1. The number of hydrogen-bond acceptors (Lipinski definition) is 5. The van der Waals surface area contributed by atoms with E-state index in [4.69, 9.17) is 24.5 Å². The standard InChI is InChI=1S/C29H23N3O3/c1-33-28-16-24(13-14-26(28)34-20-23-11-9-21(17-30)10-12-23)25-18-32-15-5-8-27(29(32)31-25)35-19-22-6-3-2-4-7-22/h2-16,18H,19-20H2,1H3. The molecule has 0 unspecified atom stereocenters. The summed E-state index contributed by atoms with van der Waals surface area (Å²) in [5, 5.41) is 8.95. The van der Waals surface area contributed by atoms with Crippen molar-refractivity contribution in [1.29, 1.82) is 5.26 Å². The highest BCUT2D eigenvalue weighted by Gasteiger charge is 2.13. The normalized spacial score (nSPS) is 10.6. The van der Waals surface area contributed by atoms with Crippen LogP contribution in [0.2, 0.25) is 0 Å². The maximum absolute atomic E-state index is 8.95. The van der Waals surface area contributed by atoms with Crippen LogP contribution in [-0.2, 0) is 13.2 Å². The van der Waals surface area contributed by atoms with Gasteiger partial charge < -0.3 is 18.6 Å². The van der Waals surface area contributed by atoms with Crippen LogP contribution in [0.1, 0.15) is 16.7 Å². The fourth-order valence-corrected chi connectivity index (χ4v) is 3.76. The Bertz CT molecular complexity index is 1490. The summed E-state index contributed by atoms with van der Waals surface area (Å²) in [4.78, 5) is 4.83. The van der Waals surface area contributed by atoms with Crippen molar-refractivity contribution in [2.75, 3.05) is 7.11 Å². The Hall–Kier alpha value is -4.76. The molecule has 3 aromatic carbocycles. The maximum Gasteiger partial charge on any atom is 0.180 e. The first-order chi connectivity index (χ1) is 17.2. The van der Waals surface area contributed by atoms with Crippen molar-refractivity contribution in [3.05, 3.63) is 114 Å². The number of benzene rings is 3. The molecule has 35 heavy (non-hydrogen) atoms. The number of rotatable bonds is 8. The third-order valence-electron chi connectivity index (χ3n) is 5.62. The van der Waals surface area contributed by atoms with Crippen LogP contribution in [0.25, 0.3) is 16.9 Å². The zero-order chi connectivity index (χ0) is 24.0. The lowest BCUT2D eigenvalue weighted by atomic mass is 10.1. The van der Waals surface area contributed by atoms with Crippen molar-refractivity contribution >= 4 is 5.65 Å². The zero-order valence-electron chi connectivity index (χ0n) is 19.2. The van der Waals surface area contributed by atoms with Gasteiger partial charge >= 0.3 is 0 Å². The van der Waals surface area contributed by atoms with Crippen molar-refractivity contribution in [3.63, 3.8) is 0 Å². The molecule has 0 radical (unpaired) electrons. The SMILES string of the molecule is COc1cc(-c2cn3cccc(OCc4ccccc4)c3n2)ccc1OCc1ccc(C#N)cc1. The lowest BCUT2D eigenvalue weighted by Gasteiger charge is -2.12. The number of fused-ring (bicyclic) bond motifs is 1. The molecule has 0 saturated carbocycles. The van der Waals surface area contributed by atoms with Crippen molar-refractivity contribution in [1.82, 2.24) is 9.38 Å². The monoisotopic (exact) mass is 461 g/mol. The van der Waals surface area contributed by atoms with Gasteiger partial charge in [-0.2, -0.15) is 5.26 Å². The van der Waals surface area contributed by atoms with Gasteiger partial charge in [0.1, 0.15) is 13.2 Å². The van der Waals surface area contributed by atoms with Crippen LogP contribution in [0, 0.1) is 11.3 Å². The zero-order valence-corrected chi connectivity index (χ0v) is 19.2. The molecule has 2 aromatic heterocycles. The van der Waals surface area contributed by atoms with E-state index in [1.165, 1.54) is 0 Å². The van der Waals surface area contributed by atoms with Gasteiger partial charge in [0.2, 0.25) is 0 Å². The van der Waals surface area contributed by atoms with E-state index < -0.39 is 0 Å². The van der Waals surface area contributed by atoms with Crippen LogP contribution in [-0.4, -0.2) is 16.5 Å². The van der Waals surface area contributed by atoms with E-state index in [0.29, 0.717) is 30.3 Å². The van der Waals surface area contributed by atoms with Gasteiger partial charge in [0.05, 0.1) is 24.4 Å². The van der Waals surface area contributed by atoms with Gasteiger partial charge in [-0.05, 0) is 53.6 Å². The molecule has 0 aliphatic heterocycles. The molecule has 0 N–H and O–H groups in total. The van der Waals surface area contributed by atoms with E-state index in [1.807, 2.05) is 89.6 Å². The van der Waals surface area contributed by atoms with E-state index in [1.54, 1.807) is 19.2 Å². The Morgan fingerprint density at radius 2 is 1.54 bits per heavy atom. The number of ether oxygens (including phenoxy) is 3. The minimum Gasteiger partial charge on any atom is -0.493 e. The van der Waals surface area contributed by atoms with E-state index in [0.717, 1.165) is 33.8 Å². The highest BCUT2D eigenvalue weighted by atomic mass is 16.5. The van der Waals surface area contributed by atoms with Crippen LogP contribution in [0.15, 0.2) is 97.3 Å². The third kappa shape index (κ3) is 4.94. The van der Waals surface area contributed by atoms with Gasteiger partial charge in [0.25, 0.3) is 0 Å². The summed E-state index contributed by atoms with van der Waals surface area (Å²) >= 11 is 0. The average molecular weight is 462 g/mol. The molecule has 5 rings (SSSR count). The van der Waals surface area contributed by atoms with Crippen molar-refractivity contribution < 1.29 is 14.2 Å². The molecule has 5 aromatic rings. The highest BCUT2D eigenvalue weighted by molar-refractivity contribution is 5.68. The summed E-state index contributed by atoms with van der Waals surface area (Å²) in [5.41, 5.74) is 5.15.